The highest BCUT2D eigenvalue weighted by Gasteiger charge is 2.52. The fraction of sp³-hybridized carbons (Fsp3) is 0.444. The van der Waals surface area contributed by atoms with Gasteiger partial charge in [-0.3, -0.25) is 4.79 Å². The van der Waals surface area contributed by atoms with Crippen molar-refractivity contribution in [2.45, 2.75) is 61.9 Å². The molecule has 5 rings (SSSR count). The molecule has 3 aromatic rings. The molecule has 2 aliphatic rings. The van der Waals surface area contributed by atoms with Crippen molar-refractivity contribution >= 4 is 34.2 Å². The molecule has 2 fully saturated rings. The molecule has 7 atom stereocenters. The van der Waals surface area contributed by atoms with Crippen molar-refractivity contribution in [2.75, 3.05) is 18.6 Å². The van der Waals surface area contributed by atoms with Gasteiger partial charge < -0.3 is 29.7 Å². The van der Waals surface area contributed by atoms with Crippen LogP contribution in [0.2, 0.25) is 0 Å². The summed E-state index contributed by atoms with van der Waals surface area (Å²) < 4.78 is 54.9. The highest BCUT2D eigenvalue weighted by atomic mass is 127. The zero-order chi connectivity index (χ0) is 29.4. The molecule has 0 unspecified atom stereocenters. The Kier molecular flexibility index (Phi) is 8.96. The van der Waals surface area contributed by atoms with Crippen molar-refractivity contribution in [3.8, 4) is 11.3 Å². The molecule has 1 aliphatic carbocycles. The van der Waals surface area contributed by atoms with Crippen LogP contribution in [0.3, 0.4) is 0 Å². The van der Waals surface area contributed by atoms with Crippen LogP contribution >= 0.6 is 22.6 Å². The first kappa shape index (κ1) is 29.8. The second kappa shape index (κ2) is 12.3. The monoisotopic (exact) mass is 688 g/mol. The lowest BCUT2D eigenvalue weighted by Crippen LogP contribution is -2.62. The van der Waals surface area contributed by atoms with E-state index < -0.39 is 72.6 Å². The molecule has 1 aromatic heterocycles. The van der Waals surface area contributed by atoms with E-state index in [9.17, 15) is 33.3 Å². The van der Waals surface area contributed by atoms with Crippen molar-refractivity contribution in [1.29, 1.82) is 0 Å². The summed E-state index contributed by atoms with van der Waals surface area (Å²) in [4.78, 5) is 15.8. The second-order valence-corrected chi connectivity index (χ2v) is 11.3. The maximum atomic E-state index is 14.3. The lowest BCUT2D eigenvalue weighted by atomic mass is 9.91. The molecular formula is C27H28F3IN4O6. The van der Waals surface area contributed by atoms with Crippen molar-refractivity contribution in [2.24, 2.45) is 0 Å². The quantitative estimate of drug-likeness (QED) is 0.255. The predicted molar refractivity (Wildman–Crippen MR) is 147 cm³/mol. The van der Waals surface area contributed by atoms with Gasteiger partial charge in [0.05, 0.1) is 24.9 Å². The maximum absolute atomic E-state index is 14.3. The van der Waals surface area contributed by atoms with Crippen LogP contribution in [0.1, 0.15) is 25.3 Å². The number of aliphatic hydroxyl groups is 3. The molecule has 10 nitrogen and oxygen atoms in total. The van der Waals surface area contributed by atoms with Gasteiger partial charge >= 0.3 is 0 Å². The van der Waals surface area contributed by atoms with E-state index in [1.54, 1.807) is 18.2 Å². The number of hydrogen-bond acceptors (Lipinski definition) is 8. The standard InChI is InChI=1S/C27H28F3IN4O6/c1-40-25-23(34-11-18(32-33-34)13-8-16(28)22(30)17(29)9-13)24(38)21(12-36)41-26(25)27(39)35(19-6-3-7-20(19)37)15-5-2-4-14(31)10-15/h2,4-5,8-11,19-21,23-26,36-38H,3,6-7,12H2,1H3/t19-,20-,21+,23-,24-,25+,26+/m0/s1. The van der Waals surface area contributed by atoms with Crippen LogP contribution in [0.25, 0.3) is 11.3 Å². The zero-order valence-electron chi connectivity index (χ0n) is 21.8. The number of methoxy groups -OCH3 is 1. The molecule has 0 bridgehead atoms. The first-order valence-corrected chi connectivity index (χ1v) is 14.0. The number of carbonyl (C=O) groups excluding carboxylic acids is 1. The van der Waals surface area contributed by atoms with Crippen LogP contribution in [-0.2, 0) is 14.3 Å². The largest absolute Gasteiger partial charge is 0.394 e. The molecular weight excluding hydrogens is 660 g/mol. The van der Waals surface area contributed by atoms with E-state index in [0.29, 0.717) is 24.9 Å². The number of ether oxygens (including phenoxy) is 2. The number of hydrogen-bond donors (Lipinski definition) is 3. The first-order valence-electron chi connectivity index (χ1n) is 12.9. The van der Waals surface area contributed by atoms with Gasteiger partial charge in [0.1, 0.15) is 30.0 Å². The van der Waals surface area contributed by atoms with Crippen LogP contribution in [-0.4, -0.2) is 86.5 Å². The first-order chi connectivity index (χ1) is 19.6. The molecule has 0 spiro atoms. The van der Waals surface area contributed by atoms with E-state index in [1.807, 2.05) is 6.07 Å². The Labute approximate surface area is 246 Å². The summed E-state index contributed by atoms with van der Waals surface area (Å²) >= 11 is 2.12. The summed E-state index contributed by atoms with van der Waals surface area (Å²) in [6.45, 7) is -0.650. The Morgan fingerprint density at radius 2 is 1.93 bits per heavy atom. The average molecular weight is 688 g/mol. The average Bonchev–Trinajstić information content (AvgIpc) is 3.61. The minimum atomic E-state index is -1.63. The zero-order valence-corrected chi connectivity index (χ0v) is 23.9. The lowest BCUT2D eigenvalue weighted by Gasteiger charge is -2.45. The van der Waals surface area contributed by atoms with Crippen molar-refractivity contribution in [3.05, 3.63) is 63.6 Å². The van der Waals surface area contributed by atoms with Gasteiger partial charge in [0.15, 0.2) is 23.6 Å². The number of aliphatic hydroxyl groups excluding tert-OH is 3. The second-order valence-electron chi connectivity index (χ2n) is 10.1. The normalized spacial score (nSPS) is 28.1. The molecule has 41 heavy (non-hydrogen) atoms. The van der Waals surface area contributed by atoms with E-state index in [1.165, 1.54) is 22.9 Å². The Morgan fingerprint density at radius 3 is 2.54 bits per heavy atom. The van der Waals surface area contributed by atoms with Crippen LogP contribution in [0.5, 0.6) is 0 Å². The van der Waals surface area contributed by atoms with Crippen LogP contribution < -0.4 is 4.90 Å². The minimum Gasteiger partial charge on any atom is -0.394 e. The molecule has 2 aromatic carbocycles. The molecule has 3 N–H and O–H groups in total. The highest BCUT2D eigenvalue weighted by molar-refractivity contribution is 14.1. The van der Waals surface area contributed by atoms with Crippen molar-refractivity contribution < 1.29 is 42.8 Å². The van der Waals surface area contributed by atoms with Crippen LogP contribution in [0.15, 0.2) is 42.6 Å². The summed E-state index contributed by atoms with van der Waals surface area (Å²) in [5.41, 5.74) is 0.404. The molecule has 1 amide bonds. The van der Waals surface area contributed by atoms with E-state index in [2.05, 4.69) is 32.9 Å². The summed E-state index contributed by atoms with van der Waals surface area (Å²) in [5.74, 6) is -5.00. The summed E-state index contributed by atoms with van der Waals surface area (Å²) in [5, 5.41) is 39.9. The molecule has 14 heteroatoms. The highest BCUT2D eigenvalue weighted by Crippen LogP contribution is 2.37. The van der Waals surface area contributed by atoms with Gasteiger partial charge in [-0.25, -0.2) is 17.9 Å². The predicted octanol–water partition coefficient (Wildman–Crippen LogP) is 2.59. The number of nitrogens with zero attached hydrogens (tertiary/aromatic N) is 4. The number of benzene rings is 2. The van der Waals surface area contributed by atoms with Gasteiger partial charge in [-0.15, -0.1) is 5.10 Å². The SMILES string of the molecule is CO[C@@H]1[C@@H](n2cc(-c3cc(F)c(F)c(F)c3)nn2)[C@@H](O)[C@@H](CO)O[C@H]1C(=O)N(c1cccc(I)c1)[C@H]1CCC[C@@H]1O. The van der Waals surface area contributed by atoms with Gasteiger partial charge in [0.2, 0.25) is 0 Å². The van der Waals surface area contributed by atoms with E-state index in [0.717, 1.165) is 15.7 Å². The summed E-state index contributed by atoms with van der Waals surface area (Å²) in [7, 11) is 1.32. The van der Waals surface area contributed by atoms with Gasteiger partial charge in [0, 0.05) is 21.9 Å². The van der Waals surface area contributed by atoms with Gasteiger partial charge in [-0.2, -0.15) is 0 Å². The topological polar surface area (TPSA) is 130 Å². The Bertz CT molecular complexity index is 1390. The van der Waals surface area contributed by atoms with Crippen molar-refractivity contribution in [3.63, 3.8) is 0 Å². The molecule has 1 saturated carbocycles. The third-order valence-corrected chi connectivity index (χ3v) is 8.25. The van der Waals surface area contributed by atoms with Crippen LogP contribution in [0.4, 0.5) is 18.9 Å². The maximum Gasteiger partial charge on any atom is 0.259 e. The van der Waals surface area contributed by atoms with Crippen molar-refractivity contribution in [1.82, 2.24) is 15.0 Å². The van der Waals surface area contributed by atoms with E-state index in [4.69, 9.17) is 9.47 Å². The lowest BCUT2D eigenvalue weighted by molar-refractivity contribution is -0.211. The third kappa shape index (κ3) is 5.72. The smallest absolute Gasteiger partial charge is 0.259 e. The van der Waals surface area contributed by atoms with E-state index in [-0.39, 0.29) is 11.3 Å². The van der Waals surface area contributed by atoms with Gasteiger partial charge in [-0.05, 0) is 72.2 Å². The Balaban J connectivity index is 1.53. The summed E-state index contributed by atoms with van der Waals surface area (Å²) in [6, 6.07) is 7.04. The number of amides is 1. The fourth-order valence-electron chi connectivity index (χ4n) is 5.58. The molecule has 220 valence electrons. The molecule has 2 heterocycles. The Hall–Kier alpha value is -2.63. The van der Waals surface area contributed by atoms with Gasteiger partial charge in [-0.1, -0.05) is 11.3 Å². The Morgan fingerprint density at radius 1 is 1.20 bits per heavy atom. The fourth-order valence-corrected chi connectivity index (χ4v) is 6.11. The van der Waals surface area contributed by atoms with Gasteiger partial charge in [0.25, 0.3) is 5.91 Å². The molecule has 0 radical (unpaired) electrons. The minimum absolute atomic E-state index is 0.0330. The molecule has 1 saturated heterocycles. The number of halogens is 4. The third-order valence-electron chi connectivity index (χ3n) is 7.58. The van der Waals surface area contributed by atoms with E-state index >= 15 is 0 Å². The number of rotatable bonds is 7. The summed E-state index contributed by atoms with van der Waals surface area (Å²) in [6.07, 6.45) is -2.92. The number of carbonyl (C=O) groups is 1. The number of aromatic nitrogens is 3. The van der Waals surface area contributed by atoms with Crippen LogP contribution in [0, 0.1) is 21.0 Å². The number of anilines is 1. The molecule has 1 aliphatic heterocycles.